The number of hydrogen-bond donors (Lipinski definition) is 0. The average molecular weight is 379 g/mol. The van der Waals surface area contributed by atoms with E-state index in [1.54, 1.807) is 6.08 Å². The lowest BCUT2D eigenvalue weighted by molar-refractivity contribution is -0.155. The molecule has 5 heteroatoms. The van der Waals surface area contributed by atoms with E-state index in [0.717, 1.165) is 37.7 Å². The monoisotopic (exact) mass is 378 g/mol. The third kappa shape index (κ3) is 2.59. The zero-order valence-electron chi connectivity index (χ0n) is 15.5. The summed E-state index contributed by atoms with van der Waals surface area (Å²) < 4.78 is 5.64. The smallest absolute Gasteiger partial charge is 0.302 e. The van der Waals surface area contributed by atoms with Crippen molar-refractivity contribution in [2.24, 2.45) is 29.1 Å². The van der Waals surface area contributed by atoms with Crippen molar-refractivity contribution in [1.82, 2.24) is 0 Å². The van der Waals surface area contributed by atoms with E-state index in [1.807, 2.05) is 0 Å². The van der Waals surface area contributed by atoms with E-state index in [9.17, 15) is 14.4 Å². The zero-order valence-corrected chi connectivity index (χ0v) is 16.3. The fraction of sp³-hybridized carbons (Fsp3) is 0.762. The van der Waals surface area contributed by atoms with Crippen molar-refractivity contribution in [3.8, 4) is 0 Å². The summed E-state index contributed by atoms with van der Waals surface area (Å²) in [7, 11) is 0. The summed E-state index contributed by atoms with van der Waals surface area (Å²) >= 11 is 6.73. The number of Topliss-reactive ketones (excluding diaryl/α,β-unsaturated/α-hetero) is 1. The molecule has 0 N–H and O–H groups in total. The van der Waals surface area contributed by atoms with Gasteiger partial charge in [0.2, 0.25) is 0 Å². The highest BCUT2D eigenvalue weighted by Gasteiger charge is 2.63. The number of hydrogen-bond acceptors (Lipinski definition) is 4. The van der Waals surface area contributed by atoms with E-state index in [4.69, 9.17) is 16.3 Å². The molecular formula is C21H27ClO4. The van der Waals surface area contributed by atoms with Crippen LogP contribution >= 0.6 is 11.6 Å². The number of carbonyl (C=O) groups is 3. The van der Waals surface area contributed by atoms with E-state index >= 15 is 0 Å². The molecule has 2 unspecified atom stereocenters. The predicted molar refractivity (Wildman–Crippen MR) is 97.7 cm³/mol. The Bertz CT molecular complexity index is 683. The first-order valence-corrected chi connectivity index (χ1v) is 10.4. The molecule has 0 spiro atoms. The van der Waals surface area contributed by atoms with Gasteiger partial charge >= 0.3 is 5.97 Å². The van der Waals surface area contributed by atoms with Gasteiger partial charge in [-0.05, 0) is 61.5 Å². The molecule has 4 nitrogen and oxygen atoms in total. The van der Waals surface area contributed by atoms with E-state index in [2.05, 4.69) is 6.92 Å². The Labute approximate surface area is 159 Å². The van der Waals surface area contributed by atoms with Crippen LogP contribution < -0.4 is 0 Å². The number of allylic oxidation sites excluding steroid dienone is 1. The van der Waals surface area contributed by atoms with E-state index < -0.39 is 0 Å². The normalized spacial score (nSPS) is 44.7. The van der Waals surface area contributed by atoms with Gasteiger partial charge in [-0.25, -0.2) is 0 Å². The Kier molecular flexibility index (Phi) is 4.53. The van der Waals surface area contributed by atoms with Crippen LogP contribution in [0.15, 0.2) is 11.6 Å². The fourth-order valence-electron chi connectivity index (χ4n) is 6.70. The molecule has 0 heterocycles. The quantitative estimate of drug-likeness (QED) is 0.541. The summed E-state index contributed by atoms with van der Waals surface area (Å²) in [6, 6.07) is 0. The van der Waals surface area contributed by atoms with Crippen molar-refractivity contribution >= 4 is 29.1 Å². The molecule has 0 amide bonds. The summed E-state index contributed by atoms with van der Waals surface area (Å²) in [4.78, 5) is 36.5. The minimum Gasteiger partial charge on any atom is -0.462 e. The highest BCUT2D eigenvalue weighted by atomic mass is 35.5. The third-order valence-corrected chi connectivity index (χ3v) is 8.11. The highest BCUT2D eigenvalue weighted by Crippen LogP contribution is 2.62. The van der Waals surface area contributed by atoms with Crippen LogP contribution in [0.2, 0.25) is 0 Å². The number of rotatable bonds is 2. The summed E-state index contributed by atoms with van der Waals surface area (Å²) in [5, 5.41) is -0.146. The van der Waals surface area contributed by atoms with Crippen LogP contribution in [0.1, 0.15) is 58.8 Å². The molecular weight excluding hydrogens is 352 g/mol. The molecule has 4 rings (SSSR count). The van der Waals surface area contributed by atoms with Gasteiger partial charge in [0.15, 0.2) is 5.78 Å². The third-order valence-electron chi connectivity index (χ3n) is 7.68. The van der Waals surface area contributed by atoms with Gasteiger partial charge in [0.1, 0.15) is 11.9 Å². The zero-order chi connectivity index (χ0) is 18.6. The molecule has 4 aliphatic rings. The minimum atomic E-state index is -0.358. The van der Waals surface area contributed by atoms with E-state index in [0.29, 0.717) is 24.7 Å². The molecule has 0 aliphatic heterocycles. The van der Waals surface area contributed by atoms with Crippen LogP contribution in [0.3, 0.4) is 0 Å². The minimum absolute atomic E-state index is 0.0723. The number of carbonyl (C=O) groups excluding carboxylic acids is 3. The largest absolute Gasteiger partial charge is 0.462 e. The Balaban J connectivity index is 1.72. The first-order valence-electron chi connectivity index (χ1n) is 9.96. The summed E-state index contributed by atoms with van der Waals surface area (Å²) in [6.07, 6.45) is 6.74. The lowest BCUT2D eigenvalue weighted by atomic mass is 9.51. The summed E-state index contributed by atoms with van der Waals surface area (Å²) in [6.45, 7) is 3.52. The lowest BCUT2D eigenvalue weighted by Crippen LogP contribution is -2.52. The lowest BCUT2D eigenvalue weighted by Gasteiger charge is -2.54. The second kappa shape index (κ2) is 6.47. The SMILES string of the molecule is CC[C@]12CC[C@H]3[C@@H](CC(Cl)C4=CC(=O)CC[C@@H]43)[C@@H]1C(OC(C)=O)CC2=O. The molecule has 7 atom stereocenters. The van der Waals surface area contributed by atoms with E-state index in [1.165, 1.54) is 6.92 Å². The maximum absolute atomic E-state index is 13.0. The number of halogens is 1. The molecule has 142 valence electrons. The molecule has 3 fully saturated rings. The highest BCUT2D eigenvalue weighted by molar-refractivity contribution is 6.23. The molecule has 0 saturated heterocycles. The molecule has 0 aromatic rings. The number of ketones is 2. The van der Waals surface area contributed by atoms with Crippen LogP contribution in [0.4, 0.5) is 0 Å². The van der Waals surface area contributed by atoms with Gasteiger partial charge < -0.3 is 4.74 Å². The maximum Gasteiger partial charge on any atom is 0.302 e. The first-order chi connectivity index (χ1) is 12.4. The van der Waals surface area contributed by atoms with Crippen LogP contribution in [-0.4, -0.2) is 29.0 Å². The standard InChI is InChI=1S/C21H27ClO4/c1-3-21-7-6-14-13-5-4-12(24)8-15(13)17(22)9-16(14)20(21)18(10-19(21)25)26-11(2)23/h8,13-14,16-18,20H,3-7,9-10H2,1-2H3/t13-,14-,16-,17?,18?,20-,21-/m1/s1. The van der Waals surface area contributed by atoms with Crippen molar-refractivity contribution in [2.75, 3.05) is 0 Å². The molecule has 0 aromatic carbocycles. The van der Waals surface area contributed by atoms with Crippen molar-refractivity contribution in [3.05, 3.63) is 11.6 Å². The van der Waals surface area contributed by atoms with Crippen molar-refractivity contribution in [2.45, 2.75) is 70.3 Å². The van der Waals surface area contributed by atoms with E-state index in [-0.39, 0.29) is 46.3 Å². The molecule has 4 aliphatic carbocycles. The van der Waals surface area contributed by atoms with Gasteiger partial charge in [-0.3, -0.25) is 14.4 Å². The maximum atomic E-state index is 13.0. The molecule has 3 saturated carbocycles. The number of ether oxygens (including phenoxy) is 1. The van der Waals surface area contributed by atoms with Crippen LogP contribution in [0.5, 0.6) is 0 Å². The predicted octanol–water partition coefficient (Wildman–Crippen LogP) is 3.85. The van der Waals surface area contributed by atoms with Gasteiger partial charge in [-0.2, -0.15) is 0 Å². The Morgan fingerprint density at radius 2 is 2.08 bits per heavy atom. The molecule has 0 radical (unpaired) electrons. The molecule has 0 aromatic heterocycles. The fourth-order valence-corrected chi connectivity index (χ4v) is 7.13. The molecule has 0 bridgehead atoms. The van der Waals surface area contributed by atoms with Crippen molar-refractivity contribution in [3.63, 3.8) is 0 Å². The summed E-state index contributed by atoms with van der Waals surface area (Å²) in [5.74, 6) is 1.30. The van der Waals surface area contributed by atoms with Crippen molar-refractivity contribution in [1.29, 1.82) is 0 Å². The summed E-state index contributed by atoms with van der Waals surface area (Å²) in [5.41, 5.74) is 0.755. The second-order valence-corrected chi connectivity index (χ2v) is 9.16. The van der Waals surface area contributed by atoms with Crippen LogP contribution in [0.25, 0.3) is 0 Å². The van der Waals surface area contributed by atoms with Crippen LogP contribution in [0, 0.1) is 29.1 Å². The number of fused-ring (bicyclic) bond motifs is 5. The van der Waals surface area contributed by atoms with Gasteiger partial charge in [-0.1, -0.05) is 6.92 Å². The molecule has 26 heavy (non-hydrogen) atoms. The first kappa shape index (κ1) is 18.2. The van der Waals surface area contributed by atoms with Crippen LogP contribution in [-0.2, 0) is 19.1 Å². The number of esters is 1. The van der Waals surface area contributed by atoms with Gasteiger partial charge in [0.25, 0.3) is 0 Å². The Morgan fingerprint density at radius 1 is 1.31 bits per heavy atom. The topological polar surface area (TPSA) is 60.4 Å². The van der Waals surface area contributed by atoms with Gasteiger partial charge in [-0.15, -0.1) is 11.6 Å². The number of alkyl halides is 1. The Morgan fingerprint density at radius 3 is 2.77 bits per heavy atom. The average Bonchev–Trinajstić information content (AvgIpc) is 2.87. The Hall–Kier alpha value is -1.16. The second-order valence-electron chi connectivity index (χ2n) is 8.64. The van der Waals surface area contributed by atoms with Crippen molar-refractivity contribution < 1.29 is 19.1 Å². The van der Waals surface area contributed by atoms with Gasteiger partial charge in [0.05, 0.1) is 5.38 Å². The van der Waals surface area contributed by atoms with Gasteiger partial charge in [0, 0.05) is 31.1 Å².